The zero-order valence-corrected chi connectivity index (χ0v) is 15.4. The topological polar surface area (TPSA) is 69.3 Å². The first-order chi connectivity index (χ1) is 12.5. The van der Waals surface area contributed by atoms with E-state index in [1.54, 1.807) is 29.2 Å². The van der Waals surface area contributed by atoms with Crippen LogP contribution in [0.2, 0.25) is 5.02 Å². The number of rotatable bonds is 7. The molecule has 0 saturated heterocycles. The molecule has 3 aromatic rings. The fourth-order valence-corrected chi connectivity index (χ4v) is 2.74. The number of ether oxygens (including phenoxy) is 1. The van der Waals surface area contributed by atoms with Gasteiger partial charge in [0, 0.05) is 12.7 Å². The monoisotopic (exact) mass is 373 g/mol. The van der Waals surface area contributed by atoms with E-state index in [4.69, 9.17) is 20.8 Å². The van der Waals surface area contributed by atoms with Gasteiger partial charge in [-0.05, 0) is 49.2 Å². The van der Waals surface area contributed by atoms with E-state index in [0.717, 1.165) is 16.9 Å². The summed E-state index contributed by atoms with van der Waals surface area (Å²) in [4.78, 5) is 12.1. The lowest BCUT2D eigenvalue weighted by Gasteiger charge is -2.07. The molecule has 6 nitrogen and oxygen atoms in total. The molecule has 2 aromatic heterocycles. The predicted molar refractivity (Wildman–Crippen MR) is 98.5 cm³/mol. The van der Waals surface area contributed by atoms with Gasteiger partial charge in [-0.3, -0.25) is 9.48 Å². The number of benzene rings is 1. The molecule has 0 radical (unpaired) electrons. The Morgan fingerprint density at radius 1 is 1.27 bits per heavy atom. The number of hydrogen-bond acceptors (Lipinski definition) is 4. The number of nitrogens with one attached hydrogen (secondary N) is 1. The molecule has 0 bridgehead atoms. The molecule has 0 spiro atoms. The first kappa shape index (κ1) is 18.1. The maximum Gasteiger partial charge on any atom is 0.287 e. The van der Waals surface area contributed by atoms with E-state index < -0.39 is 0 Å². The van der Waals surface area contributed by atoms with Gasteiger partial charge >= 0.3 is 0 Å². The van der Waals surface area contributed by atoms with Crippen molar-refractivity contribution in [3.05, 3.63) is 70.4 Å². The van der Waals surface area contributed by atoms with Crippen molar-refractivity contribution in [2.45, 2.75) is 27.0 Å². The van der Waals surface area contributed by atoms with Crippen LogP contribution in [0.5, 0.6) is 5.75 Å². The standard InChI is InChI=1S/C19H20ClN3O3/c1-13-7-14(2)9-17(8-13)25-12-16-3-4-18(26-16)19(24)21-5-6-23-11-15(20)10-22-23/h3-4,7-11H,5-6,12H2,1-2H3,(H,21,24). The molecule has 1 amide bonds. The van der Waals surface area contributed by atoms with Crippen LogP contribution in [0.3, 0.4) is 0 Å². The Balaban J connectivity index is 1.49. The lowest BCUT2D eigenvalue weighted by Crippen LogP contribution is -2.27. The zero-order valence-electron chi connectivity index (χ0n) is 14.7. The van der Waals surface area contributed by atoms with Crippen LogP contribution in [0.1, 0.15) is 27.4 Å². The highest BCUT2D eigenvalue weighted by Crippen LogP contribution is 2.18. The molecule has 1 aromatic carbocycles. The summed E-state index contributed by atoms with van der Waals surface area (Å²) in [5.41, 5.74) is 2.27. The fraction of sp³-hybridized carbons (Fsp3) is 0.263. The summed E-state index contributed by atoms with van der Waals surface area (Å²) in [5.74, 6) is 1.35. The molecule has 1 N–H and O–H groups in total. The summed E-state index contributed by atoms with van der Waals surface area (Å²) in [6.07, 6.45) is 3.25. The minimum absolute atomic E-state index is 0.252. The van der Waals surface area contributed by atoms with Gasteiger partial charge in [0.2, 0.25) is 0 Å². The predicted octanol–water partition coefficient (Wildman–Crippen LogP) is 3.76. The van der Waals surface area contributed by atoms with E-state index in [0.29, 0.717) is 23.9 Å². The van der Waals surface area contributed by atoms with Crippen LogP contribution in [0.15, 0.2) is 47.1 Å². The third-order valence-corrected chi connectivity index (χ3v) is 3.89. The Bertz CT molecular complexity index is 881. The van der Waals surface area contributed by atoms with Gasteiger partial charge in [0.25, 0.3) is 5.91 Å². The van der Waals surface area contributed by atoms with Gasteiger partial charge in [0.05, 0.1) is 17.8 Å². The number of hydrogen-bond donors (Lipinski definition) is 1. The van der Waals surface area contributed by atoms with E-state index >= 15 is 0 Å². The lowest BCUT2D eigenvalue weighted by molar-refractivity contribution is 0.0920. The number of carbonyl (C=O) groups excluding carboxylic acids is 1. The minimum atomic E-state index is -0.277. The molecular weight excluding hydrogens is 354 g/mol. The molecule has 0 aliphatic carbocycles. The second-order valence-electron chi connectivity index (χ2n) is 6.06. The number of amides is 1. The summed E-state index contributed by atoms with van der Waals surface area (Å²) < 4.78 is 13.0. The molecule has 3 rings (SSSR count). The first-order valence-electron chi connectivity index (χ1n) is 8.25. The quantitative estimate of drug-likeness (QED) is 0.684. The van der Waals surface area contributed by atoms with E-state index in [-0.39, 0.29) is 18.3 Å². The van der Waals surface area contributed by atoms with Crippen LogP contribution in [0.4, 0.5) is 0 Å². The Hall–Kier alpha value is -2.73. The van der Waals surface area contributed by atoms with Gasteiger partial charge in [0.1, 0.15) is 18.1 Å². The van der Waals surface area contributed by atoms with Crippen LogP contribution in [0.25, 0.3) is 0 Å². The van der Waals surface area contributed by atoms with Gasteiger partial charge in [0.15, 0.2) is 5.76 Å². The molecule has 2 heterocycles. The Morgan fingerprint density at radius 2 is 2.04 bits per heavy atom. The van der Waals surface area contributed by atoms with Gasteiger partial charge in [-0.25, -0.2) is 0 Å². The third-order valence-electron chi connectivity index (χ3n) is 3.69. The average molecular weight is 374 g/mol. The second kappa shape index (κ2) is 8.10. The number of carbonyl (C=O) groups is 1. The van der Waals surface area contributed by atoms with E-state index in [2.05, 4.69) is 16.5 Å². The van der Waals surface area contributed by atoms with Crippen LogP contribution in [-0.4, -0.2) is 22.2 Å². The number of aromatic nitrogens is 2. The number of halogens is 1. The number of aryl methyl sites for hydroxylation is 2. The van der Waals surface area contributed by atoms with E-state index in [9.17, 15) is 4.79 Å². The molecule has 0 unspecified atom stereocenters. The highest BCUT2D eigenvalue weighted by molar-refractivity contribution is 6.30. The highest BCUT2D eigenvalue weighted by Gasteiger charge is 2.11. The van der Waals surface area contributed by atoms with Crippen LogP contribution in [-0.2, 0) is 13.2 Å². The van der Waals surface area contributed by atoms with E-state index in [1.165, 1.54) is 0 Å². The summed E-state index contributed by atoms with van der Waals surface area (Å²) in [6, 6.07) is 9.39. The Morgan fingerprint density at radius 3 is 2.73 bits per heavy atom. The van der Waals surface area contributed by atoms with Gasteiger partial charge in [-0.15, -0.1) is 0 Å². The Kier molecular flexibility index (Phi) is 5.63. The molecule has 136 valence electrons. The molecule has 0 aliphatic heterocycles. The molecular formula is C19H20ClN3O3. The molecule has 26 heavy (non-hydrogen) atoms. The van der Waals surface area contributed by atoms with Crippen molar-refractivity contribution in [2.75, 3.05) is 6.54 Å². The van der Waals surface area contributed by atoms with Crippen LogP contribution >= 0.6 is 11.6 Å². The van der Waals surface area contributed by atoms with Gasteiger partial charge < -0.3 is 14.5 Å². The molecule has 7 heteroatoms. The molecule has 0 saturated carbocycles. The van der Waals surface area contributed by atoms with E-state index in [1.807, 2.05) is 26.0 Å². The highest BCUT2D eigenvalue weighted by atomic mass is 35.5. The van der Waals surface area contributed by atoms with Crippen molar-refractivity contribution in [3.63, 3.8) is 0 Å². The summed E-state index contributed by atoms with van der Waals surface area (Å²) in [6.45, 7) is 5.26. The smallest absolute Gasteiger partial charge is 0.287 e. The summed E-state index contributed by atoms with van der Waals surface area (Å²) in [7, 11) is 0. The van der Waals surface area contributed by atoms with Crippen molar-refractivity contribution < 1.29 is 13.9 Å². The maximum absolute atomic E-state index is 12.1. The maximum atomic E-state index is 12.1. The fourth-order valence-electron chi connectivity index (χ4n) is 2.58. The number of nitrogens with zero attached hydrogens (tertiary/aromatic N) is 2. The van der Waals surface area contributed by atoms with Crippen molar-refractivity contribution >= 4 is 17.5 Å². The van der Waals surface area contributed by atoms with Crippen molar-refractivity contribution in [3.8, 4) is 5.75 Å². The first-order valence-corrected chi connectivity index (χ1v) is 8.63. The van der Waals surface area contributed by atoms with Crippen LogP contribution in [0, 0.1) is 13.8 Å². The SMILES string of the molecule is Cc1cc(C)cc(OCc2ccc(C(=O)NCCn3cc(Cl)cn3)o2)c1. The Labute approximate surface area is 156 Å². The normalized spacial score (nSPS) is 10.7. The third kappa shape index (κ3) is 4.89. The van der Waals surface area contributed by atoms with Gasteiger partial charge in [-0.1, -0.05) is 17.7 Å². The van der Waals surface area contributed by atoms with Crippen molar-refractivity contribution in [1.29, 1.82) is 0 Å². The summed E-state index contributed by atoms with van der Waals surface area (Å²) >= 11 is 5.79. The van der Waals surface area contributed by atoms with Crippen LogP contribution < -0.4 is 10.1 Å². The van der Waals surface area contributed by atoms with Crippen molar-refractivity contribution in [1.82, 2.24) is 15.1 Å². The zero-order chi connectivity index (χ0) is 18.5. The van der Waals surface area contributed by atoms with Crippen molar-refractivity contribution in [2.24, 2.45) is 0 Å². The lowest BCUT2D eigenvalue weighted by atomic mass is 10.1. The van der Waals surface area contributed by atoms with Gasteiger partial charge in [-0.2, -0.15) is 5.10 Å². The largest absolute Gasteiger partial charge is 0.486 e. The molecule has 0 atom stereocenters. The average Bonchev–Trinajstić information content (AvgIpc) is 3.21. The molecule has 0 aliphatic rings. The molecule has 0 fully saturated rings. The minimum Gasteiger partial charge on any atom is -0.486 e. The summed E-state index contributed by atoms with van der Waals surface area (Å²) in [5, 5.41) is 7.40. The number of furan rings is 1. The second-order valence-corrected chi connectivity index (χ2v) is 6.49.